The van der Waals surface area contributed by atoms with Crippen molar-refractivity contribution in [2.24, 2.45) is 5.92 Å². The molecule has 0 spiro atoms. The normalized spacial score (nSPS) is 27.3. The highest BCUT2D eigenvalue weighted by Crippen LogP contribution is 2.31. The van der Waals surface area contributed by atoms with Gasteiger partial charge in [-0.15, -0.1) is 0 Å². The van der Waals surface area contributed by atoms with Gasteiger partial charge in [0.2, 0.25) is 0 Å². The molecule has 2 saturated heterocycles. The minimum absolute atomic E-state index is 0.103. The Labute approximate surface area is 148 Å². The van der Waals surface area contributed by atoms with Crippen molar-refractivity contribution >= 4 is 11.9 Å². The predicted octanol–water partition coefficient (Wildman–Crippen LogP) is 2.28. The van der Waals surface area contributed by atoms with E-state index in [0.717, 1.165) is 43.8 Å². The molecule has 2 aliphatic rings. The Balaban J connectivity index is 1.71. The fourth-order valence-electron chi connectivity index (χ4n) is 3.76. The summed E-state index contributed by atoms with van der Waals surface area (Å²) in [5.41, 5.74) is 0.339. The summed E-state index contributed by atoms with van der Waals surface area (Å²) in [6.45, 7) is 8.42. The SMILES string of the molecule is CC(C)Oc1ccccc1CN1CCC[C@H]([C@@]2(C)NC(=O)NC2=O)C1. The second-order valence-corrected chi connectivity index (χ2v) is 7.46. The fourth-order valence-corrected chi connectivity index (χ4v) is 3.76. The Morgan fingerprint density at radius 1 is 1.32 bits per heavy atom. The van der Waals surface area contributed by atoms with E-state index in [1.165, 1.54) is 0 Å². The zero-order valence-corrected chi connectivity index (χ0v) is 15.2. The standard InChI is InChI=1S/C19H27N3O3/c1-13(2)25-16-9-5-4-7-14(16)11-22-10-6-8-15(12-22)19(3)17(23)20-18(24)21-19/h4-5,7,9,13,15H,6,8,10-12H2,1-3H3,(H2,20,21,23,24)/t15-,19+/m0/s1. The Kier molecular flexibility index (Phi) is 4.99. The molecule has 6 nitrogen and oxygen atoms in total. The molecule has 3 amide bonds. The molecule has 2 heterocycles. The number of carbonyl (C=O) groups excluding carboxylic acids is 2. The molecule has 2 aliphatic heterocycles. The van der Waals surface area contributed by atoms with Crippen LogP contribution in [-0.4, -0.2) is 41.6 Å². The van der Waals surface area contributed by atoms with Gasteiger partial charge in [0.1, 0.15) is 11.3 Å². The van der Waals surface area contributed by atoms with E-state index in [-0.39, 0.29) is 24.0 Å². The van der Waals surface area contributed by atoms with Gasteiger partial charge in [-0.2, -0.15) is 0 Å². The van der Waals surface area contributed by atoms with E-state index in [2.05, 4.69) is 21.6 Å². The smallest absolute Gasteiger partial charge is 0.322 e. The molecular weight excluding hydrogens is 318 g/mol. The summed E-state index contributed by atoms with van der Waals surface area (Å²) in [5.74, 6) is 0.802. The van der Waals surface area contributed by atoms with Crippen molar-refractivity contribution in [3.8, 4) is 5.75 Å². The number of piperidine rings is 1. The van der Waals surface area contributed by atoms with Gasteiger partial charge < -0.3 is 10.1 Å². The van der Waals surface area contributed by atoms with Crippen LogP contribution in [0, 0.1) is 5.92 Å². The first-order valence-corrected chi connectivity index (χ1v) is 8.99. The van der Waals surface area contributed by atoms with Crippen LogP contribution in [0.5, 0.6) is 5.75 Å². The van der Waals surface area contributed by atoms with Gasteiger partial charge in [0.15, 0.2) is 0 Å². The number of carbonyl (C=O) groups is 2. The molecule has 1 aromatic rings. The molecule has 2 atom stereocenters. The minimum Gasteiger partial charge on any atom is -0.491 e. The van der Waals surface area contributed by atoms with Crippen LogP contribution in [0.25, 0.3) is 0 Å². The van der Waals surface area contributed by atoms with Crippen molar-refractivity contribution in [3.63, 3.8) is 0 Å². The van der Waals surface area contributed by atoms with Gasteiger partial charge >= 0.3 is 6.03 Å². The molecule has 0 radical (unpaired) electrons. The molecule has 2 fully saturated rings. The summed E-state index contributed by atoms with van der Waals surface area (Å²) in [6, 6.07) is 7.71. The summed E-state index contributed by atoms with van der Waals surface area (Å²) in [4.78, 5) is 26.1. The molecule has 136 valence electrons. The molecule has 1 aromatic carbocycles. The van der Waals surface area contributed by atoms with E-state index >= 15 is 0 Å². The highest BCUT2D eigenvalue weighted by Gasteiger charge is 2.48. The summed E-state index contributed by atoms with van der Waals surface area (Å²) in [7, 11) is 0. The zero-order chi connectivity index (χ0) is 18.0. The molecule has 6 heteroatoms. The maximum Gasteiger partial charge on any atom is 0.322 e. The lowest BCUT2D eigenvalue weighted by atomic mass is 9.80. The van der Waals surface area contributed by atoms with Crippen LogP contribution in [0.4, 0.5) is 4.79 Å². The number of nitrogens with zero attached hydrogens (tertiary/aromatic N) is 1. The van der Waals surface area contributed by atoms with Gasteiger partial charge in [-0.3, -0.25) is 15.0 Å². The van der Waals surface area contributed by atoms with Crippen LogP contribution in [-0.2, 0) is 11.3 Å². The van der Waals surface area contributed by atoms with Gasteiger partial charge in [-0.05, 0) is 46.2 Å². The lowest BCUT2D eigenvalue weighted by molar-refractivity contribution is -0.126. The first-order valence-electron chi connectivity index (χ1n) is 8.99. The third kappa shape index (κ3) is 3.79. The van der Waals surface area contributed by atoms with E-state index < -0.39 is 5.54 Å². The van der Waals surface area contributed by atoms with Crippen molar-refractivity contribution < 1.29 is 14.3 Å². The zero-order valence-electron chi connectivity index (χ0n) is 15.2. The Hall–Kier alpha value is -2.08. The average Bonchev–Trinajstić information content (AvgIpc) is 2.82. The highest BCUT2D eigenvalue weighted by atomic mass is 16.5. The number of urea groups is 1. The van der Waals surface area contributed by atoms with Crippen LogP contribution in [0.2, 0.25) is 0 Å². The maximum atomic E-state index is 12.2. The molecule has 3 rings (SSSR count). The molecule has 0 unspecified atom stereocenters. The summed E-state index contributed by atoms with van der Waals surface area (Å²) in [5, 5.41) is 5.19. The Morgan fingerprint density at radius 3 is 2.76 bits per heavy atom. The average molecular weight is 345 g/mol. The van der Waals surface area contributed by atoms with E-state index in [0.29, 0.717) is 0 Å². The number of amides is 3. The number of benzene rings is 1. The number of likely N-dealkylation sites (tertiary alicyclic amines) is 1. The second-order valence-electron chi connectivity index (χ2n) is 7.46. The van der Waals surface area contributed by atoms with Crippen molar-refractivity contribution in [3.05, 3.63) is 29.8 Å². The molecule has 0 aliphatic carbocycles. The van der Waals surface area contributed by atoms with Crippen LogP contribution < -0.4 is 15.4 Å². The van der Waals surface area contributed by atoms with Gasteiger partial charge in [-0.1, -0.05) is 18.2 Å². The van der Waals surface area contributed by atoms with Crippen molar-refractivity contribution in [2.75, 3.05) is 13.1 Å². The molecule has 2 N–H and O–H groups in total. The number of nitrogens with one attached hydrogen (secondary N) is 2. The molecule has 0 saturated carbocycles. The summed E-state index contributed by atoms with van der Waals surface area (Å²) >= 11 is 0. The first kappa shape index (κ1) is 17.7. The molecule has 0 bridgehead atoms. The van der Waals surface area contributed by atoms with Crippen LogP contribution in [0.3, 0.4) is 0 Å². The van der Waals surface area contributed by atoms with Crippen LogP contribution in [0.15, 0.2) is 24.3 Å². The van der Waals surface area contributed by atoms with Crippen molar-refractivity contribution in [1.29, 1.82) is 0 Å². The quantitative estimate of drug-likeness (QED) is 0.803. The molecular formula is C19H27N3O3. The van der Waals surface area contributed by atoms with Crippen molar-refractivity contribution in [2.45, 2.75) is 51.8 Å². The lowest BCUT2D eigenvalue weighted by Crippen LogP contribution is -2.55. The molecule has 25 heavy (non-hydrogen) atoms. The predicted molar refractivity (Wildman–Crippen MR) is 95.3 cm³/mol. The van der Waals surface area contributed by atoms with Gasteiger partial charge in [-0.25, -0.2) is 4.79 Å². The third-order valence-corrected chi connectivity index (χ3v) is 5.12. The third-order valence-electron chi connectivity index (χ3n) is 5.12. The number of imide groups is 1. The summed E-state index contributed by atoms with van der Waals surface area (Å²) < 4.78 is 5.92. The highest BCUT2D eigenvalue weighted by molar-refractivity contribution is 6.06. The minimum atomic E-state index is -0.816. The van der Waals surface area contributed by atoms with Gasteiger partial charge in [0.25, 0.3) is 5.91 Å². The topological polar surface area (TPSA) is 70.7 Å². The van der Waals surface area contributed by atoms with E-state index in [1.807, 2.05) is 39.0 Å². The van der Waals surface area contributed by atoms with Gasteiger partial charge in [0, 0.05) is 24.6 Å². The second kappa shape index (κ2) is 7.04. The van der Waals surface area contributed by atoms with E-state index in [1.54, 1.807) is 0 Å². The summed E-state index contributed by atoms with van der Waals surface area (Å²) in [6.07, 6.45) is 2.08. The van der Waals surface area contributed by atoms with Gasteiger partial charge in [0.05, 0.1) is 6.10 Å². The van der Waals surface area contributed by atoms with Crippen LogP contribution in [0.1, 0.15) is 39.2 Å². The lowest BCUT2D eigenvalue weighted by Gasteiger charge is -2.39. The number of hydrogen-bond donors (Lipinski definition) is 2. The Morgan fingerprint density at radius 2 is 2.08 bits per heavy atom. The number of para-hydroxylation sites is 1. The Bertz CT molecular complexity index is 661. The van der Waals surface area contributed by atoms with E-state index in [4.69, 9.17) is 4.74 Å². The number of hydrogen-bond acceptors (Lipinski definition) is 4. The monoisotopic (exact) mass is 345 g/mol. The maximum absolute atomic E-state index is 12.2. The number of rotatable bonds is 5. The van der Waals surface area contributed by atoms with E-state index in [9.17, 15) is 9.59 Å². The molecule has 0 aromatic heterocycles. The largest absolute Gasteiger partial charge is 0.491 e. The first-order chi connectivity index (χ1) is 11.9. The van der Waals surface area contributed by atoms with Crippen LogP contribution >= 0.6 is 0 Å². The van der Waals surface area contributed by atoms with Crippen molar-refractivity contribution in [1.82, 2.24) is 15.5 Å². The fraction of sp³-hybridized carbons (Fsp3) is 0.579. The number of ether oxygens (including phenoxy) is 1.